The summed E-state index contributed by atoms with van der Waals surface area (Å²) in [6, 6.07) is 0. The van der Waals surface area contributed by atoms with Crippen LogP contribution >= 0.6 is 0 Å². The molecule has 0 atom stereocenters. The van der Waals surface area contributed by atoms with E-state index in [0.29, 0.717) is 6.79 Å². The first-order chi connectivity index (χ1) is 9.42. The average molecular weight is 439 g/mol. The van der Waals surface area contributed by atoms with Crippen LogP contribution in [0.3, 0.4) is 0 Å². The van der Waals surface area contributed by atoms with Gasteiger partial charge < -0.3 is 24.8 Å². The van der Waals surface area contributed by atoms with Crippen molar-refractivity contribution in [2.75, 3.05) is 6.79 Å². The largest absolute Gasteiger partial charge is 1.00 e. The smallest absolute Gasteiger partial charge is 0.109 e. The average Bonchev–Trinajstić information content (AvgIpc) is 3.07. The van der Waals surface area contributed by atoms with E-state index in [1.807, 2.05) is 31.2 Å². The Balaban J connectivity index is -0.000000254. The summed E-state index contributed by atoms with van der Waals surface area (Å²) in [5.74, 6) is 0. The van der Waals surface area contributed by atoms with Gasteiger partial charge in [0, 0.05) is 0 Å². The Bertz CT molecular complexity index is 344. The quantitative estimate of drug-likeness (QED) is 0.291. The van der Waals surface area contributed by atoms with E-state index in [0.717, 1.165) is 16.2 Å². The van der Waals surface area contributed by atoms with Gasteiger partial charge in [-0.1, -0.05) is 0 Å². The van der Waals surface area contributed by atoms with Crippen molar-refractivity contribution in [2.24, 2.45) is 0 Å². The van der Waals surface area contributed by atoms with Gasteiger partial charge in [-0.25, -0.2) is 24.3 Å². The normalized spacial score (nSPS) is 13.4. The van der Waals surface area contributed by atoms with Crippen molar-refractivity contribution in [3.63, 3.8) is 0 Å². The minimum absolute atomic E-state index is 0. The summed E-state index contributed by atoms with van der Waals surface area (Å²) in [5, 5.41) is 0. The standard InChI is InChI=1S/C6H14O2Si.2C5H5.2ClH.Zr/c1-5-7-6-8-9(2,3)4;2*1-2-4-5-3-1;;;/h6H2,1-4H3;2*1-3H,4H2;2*1H;/q;2*-1;;;+2/p-2. The van der Waals surface area contributed by atoms with Gasteiger partial charge in [0.2, 0.25) is 0 Å². The molecule has 0 heterocycles. The predicted octanol–water partition coefficient (Wildman–Crippen LogP) is -1.87. The summed E-state index contributed by atoms with van der Waals surface area (Å²) < 4.78 is 11.7. The molecule has 124 valence electrons. The van der Waals surface area contributed by atoms with Crippen molar-refractivity contribution >= 4 is 11.7 Å². The summed E-state index contributed by atoms with van der Waals surface area (Å²) in [5.41, 5.74) is 0. The predicted molar refractivity (Wildman–Crippen MR) is 84.2 cm³/mol. The molecule has 0 aromatic heterocycles. The van der Waals surface area contributed by atoms with Gasteiger partial charge in [-0.3, -0.25) is 12.2 Å². The number of ether oxygens (including phenoxy) is 1. The molecule has 0 radical (unpaired) electrons. The van der Waals surface area contributed by atoms with Crippen LogP contribution in [0.25, 0.3) is 0 Å². The number of hydrogen-bond donors (Lipinski definition) is 0. The van der Waals surface area contributed by atoms with E-state index in [-0.39, 0.29) is 24.8 Å². The monoisotopic (exact) mass is 436 g/mol. The molecule has 0 bridgehead atoms. The molecule has 2 aliphatic carbocycles. The summed E-state index contributed by atoms with van der Waals surface area (Å²) in [6.45, 7) is 8.84. The van der Waals surface area contributed by atoms with Crippen LogP contribution in [0.2, 0.25) is 19.6 Å². The van der Waals surface area contributed by atoms with E-state index in [1.54, 1.807) is 0 Å². The van der Waals surface area contributed by atoms with Crippen molar-refractivity contribution in [3.05, 3.63) is 48.6 Å². The Hall–Kier alpha value is 0.430. The van der Waals surface area contributed by atoms with Crippen LogP contribution in [0.5, 0.6) is 0 Å². The van der Waals surface area contributed by atoms with E-state index in [9.17, 15) is 0 Å². The second kappa shape index (κ2) is 17.8. The van der Waals surface area contributed by atoms with Gasteiger partial charge in [0.05, 0.1) is 0 Å². The third-order valence-corrected chi connectivity index (χ3v) is 3.28. The number of rotatable bonds is 4. The molecule has 0 unspecified atom stereocenters. The molecule has 0 N–H and O–H groups in total. The van der Waals surface area contributed by atoms with Crippen molar-refractivity contribution in [2.45, 2.75) is 39.4 Å². The summed E-state index contributed by atoms with van der Waals surface area (Å²) in [4.78, 5) is 0. The van der Waals surface area contributed by atoms with Gasteiger partial charge in [-0.2, -0.15) is 12.2 Å². The summed E-state index contributed by atoms with van der Waals surface area (Å²) >= 11 is 1.33. The number of allylic oxidation sites excluding steroid dienone is 8. The molecule has 0 aromatic carbocycles. The Morgan fingerprint density at radius 1 is 1.05 bits per heavy atom. The fourth-order valence-corrected chi connectivity index (χ4v) is 1.53. The van der Waals surface area contributed by atoms with Crippen LogP contribution in [0, 0.1) is 12.2 Å². The van der Waals surface area contributed by atoms with E-state index < -0.39 is 8.32 Å². The summed E-state index contributed by atoms with van der Waals surface area (Å²) in [7, 11) is -1.35. The van der Waals surface area contributed by atoms with Crippen molar-refractivity contribution in [1.82, 2.24) is 0 Å². The third-order valence-electron chi connectivity index (χ3n) is 1.94. The van der Waals surface area contributed by atoms with Gasteiger partial charge in [0.15, 0.2) is 0 Å². The Kier molecular flexibility index (Phi) is 22.0. The molecule has 0 spiro atoms. The van der Waals surface area contributed by atoms with Gasteiger partial charge in [0.25, 0.3) is 0 Å². The molecule has 2 aliphatic rings. The zero-order valence-corrected chi connectivity index (χ0v) is 18.6. The molecule has 2 rings (SSSR count). The van der Waals surface area contributed by atoms with E-state index >= 15 is 0 Å². The first kappa shape index (κ1) is 27.3. The van der Waals surface area contributed by atoms with Crippen LogP contribution in [-0.2, 0) is 33.4 Å². The molecule has 0 aromatic rings. The van der Waals surface area contributed by atoms with Crippen molar-refractivity contribution in [1.29, 1.82) is 0 Å². The molecule has 2 nitrogen and oxygen atoms in total. The van der Waals surface area contributed by atoms with E-state index in [2.05, 4.69) is 43.9 Å². The molecule has 0 aliphatic heterocycles. The van der Waals surface area contributed by atoms with E-state index in [1.165, 1.54) is 24.2 Å². The second-order valence-corrected chi connectivity index (χ2v) is 11.3. The molecule has 0 fully saturated rings. The minimum Gasteiger partial charge on any atom is -1.00 e. The topological polar surface area (TPSA) is 18.5 Å². The molecule has 0 amide bonds. The van der Waals surface area contributed by atoms with Crippen molar-refractivity contribution < 1.29 is 58.2 Å². The summed E-state index contributed by atoms with van der Waals surface area (Å²) in [6.07, 6.45) is 20.0. The first-order valence-electron chi connectivity index (χ1n) is 6.67. The van der Waals surface area contributed by atoms with Crippen LogP contribution in [-0.4, -0.2) is 18.5 Å². The zero-order valence-electron chi connectivity index (χ0n) is 13.7. The molecule has 0 saturated heterocycles. The maximum atomic E-state index is 5.45. The molecular weight excluding hydrogens is 414 g/mol. The molecule has 6 heteroatoms. The number of hydrogen-bond acceptors (Lipinski definition) is 2. The Morgan fingerprint density at radius 3 is 1.68 bits per heavy atom. The second-order valence-electron chi connectivity index (χ2n) is 5.08. The van der Waals surface area contributed by atoms with Crippen LogP contribution < -0.4 is 24.8 Å². The fraction of sp³-hybridized carbons (Fsp3) is 0.438. The third kappa shape index (κ3) is 25.4. The molecule has 22 heavy (non-hydrogen) atoms. The van der Waals surface area contributed by atoms with Crippen LogP contribution in [0.15, 0.2) is 36.5 Å². The SMILES string of the molecule is C[C](=[Zr+2])OCO[Si](C)(C)C.[C-]1=CC=CC1.[C-]1=CC=CC1.[Cl-].[Cl-]. The van der Waals surface area contributed by atoms with Gasteiger partial charge >= 0.3 is 78.5 Å². The first-order valence-corrected chi connectivity index (χ1v) is 11.3. The van der Waals surface area contributed by atoms with Gasteiger partial charge in [-0.05, 0) is 0 Å². The van der Waals surface area contributed by atoms with Crippen LogP contribution in [0.4, 0.5) is 0 Å². The zero-order chi connectivity index (χ0) is 15.3. The maximum Gasteiger partial charge on any atom is -0.109 e. The minimum atomic E-state index is -1.35. The Labute approximate surface area is 164 Å². The van der Waals surface area contributed by atoms with Gasteiger partial charge in [0.1, 0.15) is 0 Å². The molecular formula is C16H24Cl2O2SiZr-2. The van der Waals surface area contributed by atoms with Crippen LogP contribution in [0.1, 0.15) is 19.8 Å². The molecule has 0 saturated carbocycles. The van der Waals surface area contributed by atoms with E-state index in [4.69, 9.17) is 9.16 Å². The maximum absolute atomic E-state index is 5.45. The fourth-order valence-electron chi connectivity index (χ4n) is 0.975. The number of halogens is 2. The van der Waals surface area contributed by atoms with Crippen molar-refractivity contribution in [3.8, 4) is 0 Å². The van der Waals surface area contributed by atoms with Gasteiger partial charge in [-0.15, -0.1) is 12.8 Å². The Morgan fingerprint density at radius 2 is 1.50 bits per heavy atom.